The Balaban J connectivity index is 1.86. The molecule has 0 spiro atoms. The second-order valence-electron chi connectivity index (χ2n) is 9.87. The van der Waals surface area contributed by atoms with E-state index in [2.05, 4.69) is 5.32 Å². The van der Waals surface area contributed by atoms with E-state index in [1.165, 1.54) is 7.11 Å². The Kier molecular flexibility index (Phi) is 9.69. The second kappa shape index (κ2) is 13.6. The SMILES string of the molecule is CCC(C)(C(=O)OCCNc1ccccc1)[C@](N=C(c1ccccc1)c1ccccc1)(C(=O)OC)c1ccccc1. The Morgan fingerprint density at radius 2 is 1.22 bits per heavy atom. The van der Waals surface area contributed by atoms with Crippen molar-refractivity contribution in [2.75, 3.05) is 25.6 Å². The lowest BCUT2D eigenvalue weighted by Crippen LogP contribution is -2.54. The topological polar surface area (TPSA) is 77.0 Å². The number of benzene rings is 4. The molecule has 6 heteroatoms. The fourth-order valence-corrected chi connectivity index (χ4v) is 4.98. The number of hydrogen-bond acceptors (Lipinski definition) is 6. The van der Waals surface area contributed by atoms with Crippen LogP contribution in [0.2, 0.25) is 0 Å². The summed E-state index contributed by atoms with van der Waals surface area (Å²) in [6.45, 7) is 4.13. The van der Waals surface area contributed by atoms with Crippen molar-refractivity contribution in [3.05, 3.63) is 138 Å². The monoisotopic (exact) mass is 548 g/mol. The molecule has 0 aliphatic heterocycles. The molecule has 4 rings (SSSR count). The van der Waals surface area contributed by atoms with Gasteiger partial charge in [0, 0.05) is 23.4 Å². The number of para-hydroxylation sites is 1. The highest BCUT2D eigenvalue weighted by Crippen LogP contribution is 2.48. The predicted molar refractivity (Wildman–Crippen MR) is 163 cm³/mol. The molecule has 0 bridgehead atoms. The van der Waals surface area contributed by atoms with Crippen molar-refractivity contribution >= 4 is 23.3 Å². The van der Waals surface area contributed by atoms with Crippen LogP contribution in [-0.2, 0) is 24.6 Å². The Labute approximate surface area is 242 Å². The maximum absolute atomic E-state index is 14.1. The van der Waals surface area contributed by atoms with E-state index in [0.717, 1.165) is 16.8 Å². The van der Waals surface area contributed by atoms with Gasteiger partial charge in [0.1, 0.15) is 12.0 Å². The van der Waals surface area contributed by atoms with Gasteiger partial charge in [0.2, 0.25) is 0 Å². The number of anilines is 1. The first-order valence-corrected chi connectivity index (χ1v) is 13.8. The highest BCUT2D eigenvalue weighted by molar-refractivity contribution is 6.14. The van der Waals surface area contributed by atoms with Gasteiger partial charge in [-0.05, 0) is 31.0 Å². The average Bonchev–Trinajstić information content (AvgIpc) is 3.04. The van der Waals surface area contributed by atoms with E-state index in [1.54, 1.807) is 6.92 Å². The van der Waals surface area contributed by atoms with Crippen molar-refractivity contribution in [1.82, 2.24) is 0 Å². The molecule has 0 aliphatic rings. The zero-order chi connectivity index (χ0) is 29.1. The van der Waals surface area contributed by atoms with Gasteiger partial charge in [0.05, 0.1) is 12.8 Å². The van der Waals surface area contributed by atoms with Crippen LogP contribution in [0.1, 0.15) is 37.0 Å². The lowest BCUT2D eigenvalue weighted by atomic mass is 9.65. The van der Waals surface area contributed by atoms with Gasteiger partial charge in [-0.25, -0.2) is 4.79 Å². The lowest BCUT2D eigenvalue weighted by molar-refractivity contribution is -0.170. The molecule has 2 atom stereocenters. The molecule has 0 radical (unpaired) electrons. The van der Waals surface area contributed by atoms with E-state index >= 15 is 0 Å². The van der Waals surface area contributed by atoms with Crippen molar-refractivity contribution in [3.63, 3.8) is 0 Å². The van der Waals surface area contributed by atoms with Crippen molar-refractivity contribution in [2.24, 2.45) is 10.4 Å². The van der Waals surface area contributed by atoms with Crippen LogP contribution in [0.4, 0.5) is 5.69 Å². The molecule has 210 valence electrons. The van der Waals surface area contributed by atoms with E-state index in [1.807, 2.05) is 128 Å². The van der Waals surface area contributed by atoms with Crippen LogP contribution in [0.25, 0.3) is 0 Å². The molecule has 1 N–H and O–H groups in total. The van der Waals surface area contributed by atoms with E-state index in [0.29, 0.717) is 17.8 Å². The summed E-state index contributed by atoms with van der Waals surface area (Å²) < 4.78 is 11.3. The second-order valence-corrected chi connectivity index (χ2v) is 9.87. The van der Waals surface area contributed by atoms with Gasteiger partial charge in [0.15, 0.2) is 5.54 Å². The van der Waals surface area contributed by atoms with E-state index in [-0.39, 0.29) is 13.0 Å². The smallest absolute Gasteiger partial charge is 0.339 e. The number of esters is 2. The number of methoxy groups -OCH3 is 1. The first-order valence-electron chi connectivity index (χ1n) is 13.8. The minimum Gasteiger partial charge on any atom is -0.467 e. The molecule has 0 saturated heterocycles. The standard InChI is InChI=1S/C35H36N2O4/c1-4-34(2,32(38)41-26-25-36-30-23-15-8-16-24-30)35(33(39)40-3,29-21-13-7-14-22-29)37-31(27-17-9-5-10-18-27)28-19-11-6-12-20-28/h5-24,36H,4,25-26H2,1-3H3/t34?,35-/m1/s1. The molecular weight excluding hydrogens is 512 g/mol. The molecule has 0 saturated carbocycles. The fourth-order valence-electron chi connectivity index (χ4n) is 4.98. The van der Waals surface area contributed by atoms with Gasteiger partial charge < -0.3 is 14.8 Å². The number of hydrogen-bond donors (Lipinski definition) is 1. The molecular formula is C35H36N2O4. The minimum atomic E-state index is -1.75. The fraction of sp³-hybridized carbons (Fsp3) is 0.229. The number of carbonyl (C=O) groups excluding carboxylic acids is 2. The number of carbonyl (C=O) groups is 2. The third-order valence-electron chi connectivity index (χ3n) is 7.44. The Bertz CT molecular complexity index is 1400. The van der Waals surface area contributed by atoms with Gasteiger partial charge in [-0.2, -0.15) is 0 Å². The summed E-state index contributed by atoms with van der Waals surface area (Å²) in [5.74, 6) is -1.18. The molecule has 0 amide bonds. The Hall–Kier alpha value is -4.71. The molecule has 6 nitrogen and oxygen atoms in total. The summed E-state index contributed by atoms with van der Waals surface area (Å²) in [7, 11) is 1.32. The molecule has 41 heavy (non-hydrogen) atoms. The first-order chi connectivity index (χ1) is 20.0. The summed E-state index contributed by atoms with van der Waals surface area (Å²) in [6, 6.07) is 38.1. The molecule has 4 aromatic rings. The lowest BCUT2D eigenvalue weighted by Gasteiger charge is -2.42. The van der Waals surface area contributed by atoms with Gasteiger partial charge in [-0.3, -0.25) is 9.79 Å². The summed E-state index contributed by atoms with van der Waals surface area (Å²) in [4.78, 5) is 33.4. The normalized spacial score (nSPS) is 13.6. The van der Waals surface area contributed by atoms with Crippen molar-refractivity contribution < 1.29 is 19.1 Å². The third kappa shape index (κ3) is 6.22. The van der Waals surface area contributed by atoms with Gasteiger partial charge in [-0.15, -0.1) is 0 Å². The predicted octanol–water partition coefficient (Wildman–Crippen LogP) is 6.66. The summed E-state index contributed by atoms with van der Waals surface area (Å²) in [6.07, 6.45) is 0.266. The Morgan fingerprint density at radius 1 is 0.732 bits per heavy atom. The Morgan fingerprint density at radius 3 is 1.71 bits per heavy atom. The molecule has 0 fully saturated rings. The van der Waals surface area contributed by atoms with Crippen LogP contribution in [0.15, 0.2) is 126 Å². The number of rotatable bonds is 12. The summed E-state index contributed by atoms with van der Waals surface area (Å²) in [5, 5.41) is 3.25. The van der Waals surface area contributed by atoms with Gasteiger partial charge in [-0.1, -0.05) is 116 Å². The minimum absolute atomic E-state index is 0.114. The summed E-state index contributed by atoms with van der Waals surface area (Å²) >= 11 is 0. The van der Waals surface area contributed by atoms with Crippen molar-refractivity contribution in [3.8, 4) is 0 Å². The molecule has 4 aromatic carbocycles. The zero-order valence-corrected chi connectivity index (χ0v) is 23.7. The number of nitrogens with zero attached hydrogens (tertiary/aromatic N) is 1. The molecule has 0 aliphatic carbocycles. The highest BCUT2D eigenvalue weighted by Gasteiger charge is 2.61. The van der Waals surface area contributed by atoms with E-state index < -0.39 is 22.9 Å². The van der Waals surface area contributed by atoms with Crippen LogP contribution >= 0.6 is 0 Å². The number of ether oxygens (including phenoxy) is 2. The maximum Gasteiger partial charge on any atom is 0.339 e. The third-order valence-corrected chi connectivity index (χ3v) is 7.44. The van der Waals surface area contributed by atoms with Crippen molar-refractivity contribution in [1.29, 1.82) is 0 Å². The van der Waals surface area contributed by atoms with E-state index in [9.17, 15) is 9.59 Å². The molecule has 0 aromatic heterocycles. The maximum atomic E-state index is 14.1. The molecule has 1 unspecified atom stereocenters. The van der Waals surface area contributed by atoms with Crippen molar-refractivity contribution in [2.45, 2.75) is 25.8 Å². The zero-order valence-electron chi connectivity index (χ0n) is 23.7. The highest BCUT2D eigenvalue weighted by atomic mass is 16.5. The largest absolute Gasteiger partial charge is 0.467 e. The summed E-state index contributed by atoms with van der Waals surface area (Å²) in [5.41, 5.74) is 0.489. The number of aliphatic imine (C=N–C) groups is 1. The quantitative estimate of drug-likeness (QED) is 0.122. The van der Waals surface area contributed by atoms with Crippen LogP contribution in [0.3, 0.4) is 0 Å². The average molecular weight is 549 g/mol. The van der Waals surface area contributed by atoms with Gasteiger partial charge >= 0.3 is 11.9 Å². The van der Waals surface area contributed by atoms with Crippen LogP contribution in [-0.4, -0.2) is 37.9 Å². The van der Waals surface area contributed by atoms with Gasteiger partial charge in [0.25, 0.3) is 0 Å². The first kappa shape index (κ1) is 29.3. The number of nitrogens with one attached hydrogen (secondary N) is 1. The van der Waals surface area contributed by atoms with Crippen LogP contribution in [0.5, 0.6) is 0 Å². The van der Waals surface area contributed by atoms with E-state index in [4.69, 9.17) is 14.5 Å². The van der Waals surface area contributed by atoms with Crippen LogP contribution in [0, 0.1) is 5.41 Å². The molecule has 0 heterocycles. The van der Waals surface area contributed by atoms with Crippen LogP contribution < -0.4 is 5.32 Å².